The molecule has 1 rings (SSSR count). The van der Waals surface area contributed by atoms with Gasteiger partial charge in [0.15, 0.2) is 5.75 Å². The van der Waals surface area contributed by atoms with E-state index in [1.165, 1.54) is 12.1 Å². The molecule has 1 aromatic rings. The SMILES string of the molecule is [O]c1cc(Cl)cc(Br)c1. The smallest absolute Gasteiger partial charge is 0.181 e. The van der Waals surface area contributed by atoms with Crippen molar-refractivity contribution in [3.8, 4) is 5.75 Å². The van der Waals surface area contributed by atoms with E-state index in [9.17, 15) is 5.11 Å². The summed E-state index contributed by atoms with van der Waals surface area (Å²) in [6, 6.07) is 4.50. The van der Waals surface area contributed by atoms with Gasteiger partial charge in [-0.25, -0.2) is 0 Å². The molecule has 1 radical (unpaired) electrons. The fourth-order valence-corrected chi connectivity index (χ4v) is 1.36. The van der Waals surface area contributed by atoms with Crippen LogP contribution >= 0.6 is 27.5 Å². The first-order chi connectivity index (χ1) is 4.18. The fraction of sp³-hybridized carbons (Fsp3) is 0. The molecule has 0 saturated carbocycles. The van der Waals surface area contributed by atoms with Crippen molar-refractivity contribution in [1.82, 2.24) is 0 Å². The molecule has 0 aromatic heterocycles. The van der Waals surface area contributed by atoms with Crippen molar-refractivity contribution >= 4 is 27.5 Å². The van der Waals surface area contributed by atoms with Crippen molar-refractivity contribution in [2.24, 2.45) is 0 Å². The highest BCUT2D eigenvalue weighted by Gasteiger charge is 1.94. The standard InChI is InChI=1S/C6H3BrClO/c7-4-1-5(8)3-6(9)2-4/h1-3H. The maximum atomic E-state index is 10.6. The number of hydrogen-bond donors (Lipinski definition) is 0. The molecule has 0 spiro atoms. The summed E-state index contributed by atoms with van der Waals surface area (Å²) in [4.78, 5) is 0. The number of hydrogen-bond acceptors (Lipinski definition) is 0. The molecular formula is C6H3BrClO. The molecule has 0 fully saturated rings. The summed E-state index contributed by atoms with van der Waals surface area (Å²) in [5, 5.41) is 11.1. The van der Waals surface area contributed by atoms with Gasteiger partial charge in [-0.3, -0.25) is 5.11 Å². The Hall–Kier alpha value is -0.210. The highest BCUT2D eigenvalue weighted by molar-refractivity contribution is 9.10. The number of rotatable bonds is 0. The van der Waals surface area contributed by atoms with Crippen molar-refractivity contribution in [1.29, 1.82) is 0 Å². The zero-order chi connectivity index (χ0) is 6.85. The lowest BCUT2D eigenvalue weighted by Crippen LogP contribution is -1.64. The van der Waals surface area contributed by atoms with Crippen LogP contribution < -0.4 is 0 Å². The predicted octanol–water partition coefficient (Wildman–Crippen LogP) is 3.25. The molecular weight excluding hydrogens is 203 g/mol. The average Bonchev–Trinajstić information content (AvgIpc) is 1.59. The van der Waals surface area contributed by atoms with E-state index in [0.717, 1.165) is 4.47 Å². The largest absolute Gasteiger partial charge is 0.290 e. The lowest BCUT2D eigenvalue weighted by atomic mass is 10.3. The molecule has 1 aromatic carbocycles. The second-order valence-corrected chi connectivity index (χ2v) is 2.96. The zero-order valence-corrected chi connectivity index (χ0v) is 6.74. The van der Waals surface area contributed by atoms with Gasteiger partial charge in [0.2, 0.25) is 0 Å². The third kappa shape index (κ3) is 1.88. The molecule has 0 bridgehead atoms. The lowest BCUT2D eigenvalue weighted by Gasteiger charge is -1.90. The van der Waals surface area contributed by atoms with Crippen LogP contribution in [0.4, 0.5) is 0 Å². The van der Waals surface area contributed by atoms with Gasteiger partial charge < -0.3 is 0 Å². The summed E-state index contributed by atoms with van der Waals surface area (Å²) in [5.74, 6) is -0.0747. The molecule has 3 heteroatoms. The van der Waals surface area contributed by atoms with E-state index >= 15 is 0 Å². The Balaban J connectivity index is 3.17. The Morgan fingerprint density at radius 3 is 2.44 bits per heavy atom. The van der Waals surface area contributed by atoms with E-state index in [1.54, 1.807) is 6.07 Å². The first-order valence-corrected chi connectivity index (χ1v) is 3.49. The zero-order valence-electron chi connectivity index (χ0n) is 4.40. The van der Waals surface area contributed by atoms with Gasteiger partial charge in [-0.1, -0.05) is 27.5 Å². The third-order valence-electron chi connectivity index (χ3n) is 0.836. The summed E-state index contributed by atoms with van der Waals surface area (Å²) in [5.41, 5.74) is 0. The van der Waals surface area contributed by atoms with Crippen LogP contribution in [0.25, 0.3) is 0 Å². The van der Waals surface area contributed by atoms with E-state index < -0.39 is 0 Å². The summed E-state index contributed by atoms with van der Waals surface area (Å²) in [6.45, 7) is 0. The molecule has 0 N–H and O–H groups in total. The highest BCUT2D eigenvalue weighted by Crippen LogP contribution is 2.23. The molecule has 0 amide bonds. The third-order valence-corrected chi connectivity index (χ3v) is 1.51. The lowest BCUT2D eigenvalue weighted by molar-refractivity contribution is 0.354. The maximum Gasteiger partial charge on any atom is 0.181 e. The highest BCUT2D eigenvalue weighted by atomic mass is 79.9. The van der Waals surface area contributed by atoms with Gasteiger partial charge in [0.1, 0.15) is 0 Å². The minimum Gasteiger partial charge on any atom is -0.290 e. The molecule has 0 unspecified atom stereocenters. The van der Waals surface area contributed by atoms with Gasteiger partial charge in [0.25, 0.3) is 0 Å². The van der Waals surface area contributed by atoms with E-state index in [4.69, 9.17) is 11.6 Å². The van der Waals surface area contributed by atoms with Crippen LogP contribution in [0.1, 0.15) is 0 Å². The normalized spacial score (nSPS) is 9.56. The minimum absolute atomic E-state index is 0.0747. The van der Waals surface area contributed by atoms with E-state index in [2.05, 4.69) is 15.9 Å². The Bertz CT molecular complexity index is 174. The first kappa shape index (κ1) is 6.90. The monoisotopic (exact) mass is 205 g/mol. The van der Waals surface area contributed by atoms with Crippen molar-refractivity contribution in [3.63, 3.8) is 0 Å². The Kier molecular flexibility index (Phi) is 1.98. The van der Waals surface area contributed by atoms with Gasteiger partial charge in [-0.15, -0.1) is 0 Å². The molecule has 0 aliphatic rings. The second kappa shape index (κ2) is 2.58. The molecule has 0 heterocycles. The van der Waals surface area contributed by atoms with E-state index in [0.29, 0.717) is 5.02 Å². The van der Waals surface area contributed by atoms with Crippen molar-refractivity contribution in [2.75, 3.05) is 0 Å². The average molecular weight is 206 g/mol. The predicted molar refractivity (Wildman–Crippen MR) is 39.3 cm³/mol. The topological polar surface area (TPSA) is 19.9 Å². The summed E-state index contributed by atoms with van der Waals surface area (Å²) in [7, 11) is 0. The van der Waals surface area contributed by atoms with Gasteiger partial charge in [0.05, 0.1) is 0 Å². The van der Waals surface area contributed by atoms with Crippen LogP contribution in [0.3, 0.4) is 0 Å². The quantitative estimate of drug-likeness (QED) is 0.621. The van der Waals surface area contributed by atoms with Crippen LogP contribution in [-0.2, 0) is 5.11 Å². The molecule has 9 heavy (non-hydrogen) atoms. The minimum atomic E-state index is -0.0747. The maximum absolute atomic E-state index is 10.6. The van der Waals surface area contributed by atoms with Crippen LogP contribution in [0.5, 0.6) is 5.75 Å². The van der Waals surface area contributed by atoms with Crippen LogP contribution in [0.2, 0.25) is 5.02 Å². The first-order valence-electron chi connectivity index (χ1n) is 2.31. The van der Waals surface area contributed by atoms with Gasteiger partial charge in [-0.05, 0) is 12.1 Å². The van der Waals surface area contributed by atoms with Gasteiger partial charge >= 0.3 is 0 Å². The molecule has 0 saturated heterocycles. The Morgan fingerprint density at radius 1 is 1.33 bits per heavy atom. The fourth-order valence-electron chi connectivity index (χ4n) is 0.529. The van der Waals surface area contributed by atoms with Crippen molar-refractivity contribution in [3.05, 3.63) is 27.7 Å². The van der Waals surface area contributed by atoms with Crippen molar-refractivity contribution in [2.45, 2.75) is 0 Å². The Morgan fingerprint density at radius 2 is 2.00 bits per heavy atom. The van der Waals surface area contributed by atoms with Gasteiger partial charge in [0, 0.05) is 15.6 Å². The molecule has 0 atom stereocenters. The molecule has 47 valence electrons. The molecule has 0 aliphatic carbocycles. The number of benzene rings is 1. The van der Waals surface area contributed by atoms with Crippen LogP contribution in [0.15, 0.2) is 22.7 Å². The van der Waals surface area contributed by atoms with E-state index in [-0.39, 0.29) is 5.75 Å². The van der Waals surface area contributed by atoms with E-state index in [1.807, 2.05) is 0 Å². The van der Waals surface area contributed by atoms with Crippen LogP contribution in [-0.4, -0.2) is 0 Å². The molecule has 0 aliphatic heterocycles. The summed E-state index contributed by atoms with van der Waals surface area (Å²) >= 11 is 8.65. The van der Waals surface area contributed by atoms with Crippen LogP contribution in [0, 0.1) is 0 Å². The molecule has 1 nitrogen and oxygen atoms in total. The Labute approximate surface area is 66.4 Å². The second-order valence-electron chi connectivity index (χ2n) is 1.61. The summed E-state index contributed by atoms with van der Waals surface area (Å²) < 4.78 is 0.722. The van der Waals surface area contributed by atoms with Gasteiger partial charge in [-0.2, -0.15) is 0 Å². The van der Waals surface area contributed by atoms with Crippen molar-refractivity contribution < 1.29 is 5.11 Å². The summed E-state index contributed by atoms with van der Waals surface area (Å²) in [6.07, 6.45) is 0. The number of halogens is 2.